The second-order valence-electron chi connectivity index (χ2n) is 11.8. The van der Waals surface area contributed by atoms with E-state index in [1.807, 2.05) is 0 Å². The van der Waals surface area contributed by atoms with Gasteiger partial charge in [0.15, 0.2) is 0 Å². The number of nitrogens with zero attached hydrogens (tertiary/aromatic N) is 1. The van der Waals surface area contributed by atoms with Crippen molar-refractivity contribution < 1.29 is 33.8 Å². The van der Waals surface area contributed by atoms with Crippen LogP contribution in [0.15, 0.2) is 42.5 Å². The van der Waals surface area contributed by atoms with Crippen LogP contribution in [0.4, 0.5) is 10.5 Å². The van der Waals surface area contributed by atoms with E-state index < -0.39 is 41.5 Å². The fraction of sp³-hybridized carbons (Fsp3) is 0.515. The number of ether oxygens (including phenoxy) is 2. The maximum atomic E-state index is 14.3. The number of nitrogens with two attached hydrogens (primary N) is 1. The Bertz CT molecular complexity index is 1260. The van der Waals surface area contributed by atoms with Gasteiger partial charge in [-0.3, -0.25) is 14.4 Å². The molecule has 0 aliphatic rings. The first-order valence-corrected chi connectivity index (χ1v) is 15.1. The molecule has 2 atom stereocenters. The normalized spacial score (nSPS) is 12.5. The number of unbranched alkanes of at least 4 members (excludes halogenated alkanes) is 4. The molecule has 242 valence electrons. The summed E-state index contributed by atoms with van der Waals surface area (Å²) in [5.41, 5.74) is 6.07. The number of alkyl carbamates (subject to hydrolysis) is 1. The molecule has 2 rings (SSSR count). The van der Waals surface area contributed by atoms with Crippen LogP contribution in [0, 0.1) is 6.92 Å². The lowest BCUT2D eigenvalue weighted by atomic mass is 9.98. The van der Waals surface area contributed by atoms with E-state index in [2.05, 4.69) is 17.6 Å². The maximum absolute atomic E-state index is 14.3. The Morgan fingerprint density at radius 1 is 1.00 bits per heavy atom. The summed E-state index contributed by atoms with van der Waals surface area (Å²) >= 11 is 0. The van der Waals surface area contributed by atoms with Crippen LogP contribution < -0.4 is 21.1 Å². The summed E-state index contributed by atoms with van der Waals surface area (Å²) in [5, 5.41) is 15.7. The van der Waals surface area contributed by atoms with Gasteiger partial charge in [-0.25, -0.2) is 4.79 Å². The molecule has 5 N–H and O–H groups in total. The number of amides is 4. The van der Waals surface area contributed by atoms with Gasteiger partial charge in [0.25, 0.3) is 5.91 Å². The number of phenolic OH excluding ortho intramolecular Hbond substituents is 1. The highest BCUT2D eigenvalue weighted by Crippen LogP contribution is 2.29. The summed E-state index contributed by atoms with van der Waals surface area (Å²) in [7, 11) is 1.54. The molecule has 2 aromatic carbocycles. The van der Waals surface area contributed by atoms with E-state index in [9.17, 15) is 24.3 Å². The highest BCUT2D eigenvalue weighted by atomic mass is 16.6. The Balaban J connectivity index is 2.57. The Morgan fingerprint density at radius 3 is 2.23 bits per heavy atom. The van der Waals surface area contributed by atoms with E-state index in [0.29, 0.717) is 29.0 Å². The molecule has 11 heteroatoms. The number of aryl methyl sites for hydroxylation is 1. The second kappa shape index (κ2) is 17.1. The van der Waals surface area contributed by atoms with E-state index in [4.69, 9.17) is 15.2 Å². The number of carbonyl (C=O) groups is 4. The van der Waals surface area contributed by atoms with Gasteiger partial charge in [0.05, 0.1) is 7.11 Å². The van der Waals surface area contributed by atoms with E-state index in [0.717, 1.165) is 25.7 Å². The lowest BCUT2D eigenvalue weighted by molar-refractivity contribution is -0.141. The minimum absolute atomic E-state index is 0.0476. The van der Waals surface area contributed by atoms with Gasteiger partial charge in [-0.2, -0.15) is 0 Å². The van der Waals surface area contributed by atoms with Gasteiger partial charge in [0.1, 0.15) is 29.2 Å². The first-order chi connectivity index (χ1) is 20.7. The molecule has 0 aromatic heterocycles. The van der Waals surface area contributed by atoms with E-state index in [-0.39, 0.29) is 25.1 Å². The Hall–Kier alpha value is -4.28. The molecule has 4 amide bonds. The molecule has 0 saturated heterocycles. The Labute approximate surface area is 260 Å². The highest BCUT2D eigenvalue weighted by molar-refractivity contribution is 5.99. The smallest absolute Gasteiger partial charge is 0.408 e. The van der Waals surface area contributed by atoms with Crippen molar-refractivity contribution in [2.45, 2.75) is 97.2 Å². The minimum Gasteiger partial charge on any atom is -0.508 e. The number of hydrogen-bond acceptors (Lipinski definition) is 7. The molecule has 11 nitrogen and oxygen atoms in total. The molecule has 0 radical (unpaired) electrons. The van der Waals surface area contributed by atoms with Crippen LogP contribution in [0.1, 0.15) is 89.8 Å². The van der Waals surface area contributed by atoms with Crippen LogP contribution >= 0.6 is 0 Å². The third-order valence-corrected chi connectivity index (χ3v) is 6.91. The van der Waals surface area contributed by atoms with Crippen molar-refractivity contribution in [1.82, 2.24) is 10.2 Å². The first-order valence-electron chi connectivity index (χ1n) is 15.1. The molecule has 2 aromatic rings. The Morgan fingerprint density at radius 2 is 1.66 bits per heavy atom. The molecule has 2 unspecified atom stereocenters. The molecule has 0 aliphatic heterocycles. The summed E-state index contributed by atoms with van der Waals surface area (Å²) in [4.78, 5) is 54.3. The number of methoxy groups -OCH3 is 1. The van der Waals surface area contributed by atoms with Gasteiger partial charge in [0.2, 0.25) is 11.8 Å². The van der Waals surface area contributed by atoms with Crippen LogP contribution in [0.3, 0.4) is 0 Å². The predicted octanol–water partition coefficient (Wildman–Crippen LogP) is 5.35. The van der Waals surface area contributed by atoms with E-state index >= 15 is 0 Å². The topological polar surface area (TPSA) is 160 Å². The van der Waals surface area contributed by atoms with Crippen molar-refractivity contribution in [2.24, 2.45) is 5.73 Å². The van der Waals surface area contributed by atoms with Crippen molar-refractivity contribution in [3.05, 3.63) is 53.6 Å². The molecule has 0 heterocycles. The fourth-order valence-corrected chi connectivity index (χ4v) is 4.65. The van der Waals surface area contributed by atoms with Gasteiger partial charge in [-0.1, -0.05) is 38.7 Å². The monoisotopic (exact) mass is 612 g/mol. The van der Waals surface area contributed by atoms with Crippen LogP contribution in [-0.2, 0) is 19.1 Å². The molecule has 0 spiro atoms. The standard InChI is InChI=1S/C33H48N4O7/c1-7-8-9-10-11-20-37(31(41)26(17-19-28(34)39)36-32(42)44-33(3,4)5)29(23-12-18-27(38)22(2)21-23)30(40)35-24-13-15-25(43-6)16-14-24/h12-16,18,21,26,29,38H,7-11,17,19-20H2,1-6H3,(H2,34,39)(H,35,40)(H,36,42). The number of carbonyl (C=O) groups excluding carboxylic acids is 4. The number of phenols is 1. The zero-order chi connectivity index (χ0) is 32.9. The zero-order valence-electron chi connectivity index (χ0n) is 26.8. The van der Waals surface area contributed by atoms with Gasteiger partial charge < -0.3 is 35.8 Å². The molecule has 0 fully saturated rings. The summed E-state index contributed by atoms with van der Waals surface area (Å²) < 4.78 is 10.6. The summed E-state index contributed by atoms with van der Waals surface area (Å²) in [5.74, 6) is -1.03. The van der Waals surface area contributed by atoms with Gasteiger partial charge in [-0.15, -0.1) is 0 Å². The average molecular weight is 613 g/mol. The number of benzene rings is 2. The first kappa shape index (κ1) is 35.9. The number of primary amides is 1. The van der Waals surface area contributed by atoms with Crippen LogP contribution in [-0.4, -0.2) is 59.1 Å². The molecule has 0 aliphatic carbocycles. The molecule has 0 bridgehead atoms. The Kier molecular flexibility index (Phi) is 14.0. The molecule has 0 saturated carbocycles. The molecule has 44 heavy (non-hydrogen) atoms. The van der Waals surface area contributed by atoms with Gasteiger partial charge in [-0.05, 0) is 88.1 Å². The van der Waals surface area contributed by atoms with Crippen molar-refractivity contribution in [3.8, 4) is 11.5 Å². The third kappa shape index (κ3) is 11.8. The average Bonchev–Trinajstić information content (AvgIpc) is 2.95. The van der Waals surface area contributed by atoms with Crippen LogP contribution in [0.2, 0.25) is 0 Å². The lowest BCUT2D eigenvalue weighted by Crippen LogP contribution is -2.52. The van der Waals surface area contributed by atoms with Crippen molar-refractivity contribution >= 4 is 29.5 Å². The number of rotatable bonds is 16. The van der Waals surface area contributed by atoms with Crippen molar-refractivity contribution in [1.29, 1.82) is 0 Å². The highest BCUT2D eigenvalue weighted by Gasteiger charge is 2.36. The number of nitrogens with one attached hydrogen (secondary N) is 2. The zero-order valence-corrected chi connectivity index (χ0v) is 26.8. The van der Waals surface area contributed by atoms with Crippen LogP contribution in [0.25, 0.3) is 0 Å². The summed E-state index contributed by atoms with van der Waals surface area (Å²) in [6.45, 7) is 9.10. The van der Waals surface area contributed by atoms with Crippen LogP contribution in [0.5, 0.6) is 11.5 Å². The number of aromatic hydroxyl groups is 1. The van der Waals surface area contributed by atoms with Crippen molar-refractivity contribution in [3.63, 3.8) is 0 Å². The third-order valence-electron chi connectivity index (χ3n) is 6.91. The maximum Gasteiger partial charge on any atom is 0.408 e. The van der Waals surface area contributed by atoms with E-state index in [1.165, 1.54) is 11.0 Å². The van der Waals surface area contributed by atoms with Gasteiger partial charge in [0, 0.05) is 18.7 Å². The second-order valence-corrected chi connectivity index (χ2v) is 11.8. The van der Waals surface area contributed by atoms with Gasteiger partial charge >= 0.3 is 6.09 Å². The molecular weight excluding hydrogens is 564 g/mol. The van der Waals surface area contributed by atoms with E-state index in [1.54, 1.807) is 71.2 Å². The number of hydrogen-bond donors (Lipinski definition) is 4. The summed E-state index contributed by atoms with van der Waals surface area (Å²) in [6.07, 6.45) is 3.38. The predicted molar refractivity (Wildman–Crippen MR) is 169 cm³/mol. The summed E-state index contributed by atoms with van der Waals surface area (Å²) in [6, 6.07) is 9.19. The fourth-order valence-electron chi connectivity index (χ4n) is 4.65. The number of anilines is 1. The largest absolute Gasteiger partial charge is 0.508 e. The minimum atomic E-state index is -1.19. The quantitative estimate of drug-likeness (QED) is 0.186. The van der Waals surface area contributed by atoms with Crippen molar-refractivity contribution in [2.75, 3.05) is 19.0 Å². The molecular formula is C33H48N4O7. The lowest BCUT2D eigenvalue weighted by Gasteiger charge is -2.35. The SMILES string of the molecule is CCCCCCCN(C(=O)C(CCC(N)=O)NC(=O)OC(C)(C)C)C(C(=O)Nc1ccc(OC)cc1)c1ccc(O)c(C)c1.